The molecule has 3 nitrogen and oxygen atoms in total. The van der Waals surface area contributed by atoms with E-state index in [1.54, 1.807) is 0 Å². The van der Waals surface area contributed by atoms with E-state index < -0.39 is 5.54 Å². The Morgan fingerprint density at radius 1 is 1.33 bits per heavy atom. The van der Waals surface area contributed by atoms with E-state index in [0.29, 0.717) is 6.54 Å². The number of nitrogens with one attached hydrogen (secondary N) is 1. The second-order valence-electron chi connectivity index (χ2n) is 5.41. The molecule has 0 radical (unpaired) electrons. The number of fused-ring (bicyclic) bond motifs is 1. The van der Waals surface area contributed by atoms with Gasteiger partial charge in [0.05, 0.1) is 5.54 Å². The van der Waals surface area contributed by atoms with E-state index in [4.69, 9.17) is 5.73 Å². The maximum atomic E-state index is 11.3. The van der Waals surface area contributed by atoms with Crippen molar-refractivity contribution in [3.63, 3.8) is 0 Å². The first kappa shape index (κ1) is 13.1. The Balaban J connectivity index is 2.34. The number of carbonyl (C=O) groups is 1. The summed E-state index contributed by atoms with van der Waals surface area (Å²) in [6.45, 7) is 3.93. The van der Waals surface area contributed by atoms with Gasteiger partial charge in [0.25, 0.3) is 0 Å². The largest absolute Gasteiger partial charge is 0.346 e. The molecule has 18 heavy (non-hydrogen) atoms. The van der Waals surface area contributed by atoms with Crippen molar-refractivity contribution < 1.29 is 4.79 Å². The highest BCUT2D eigenvalue weighted by molar-refractivity contribution is 5.74. The predicted molar refractivity (Wildman–Crippen MR) is 73.3 cm³/mol. The van der Waals surface area contributed by atoms with E-state index in [-0.39, 0.29) is 5.91 Å². The first-order valence-corrected chi connectivity index (χ1v) is 6.66. The maximum absolute atomic E-state index is 11.3. The standard InChI is InChI=1S/C15H22N2O/c1-11(18)17-15(2,10-16)14-8-7-12-5-3-4-6-13(12)9-14/h7-9H,3-6,10,16H2,1-2H3,(H,17,18)/t15-/m1/s1. The fourth-order valence-electron chi connectivity index (χ4n) is 2.71. The zero-order valence-corrected chi connectivity index (χ0v) is 11.3. The third-order valence-electron chi connectivity index (χ3n) is 3.85. The average Bonchev–Trinajstić information content (AvgIpc) is 2.37. The number of aryl methyl sites for hydroxylation is 2. The van der Waals surface area contributed by atoms with Crippen LogP contribution in [0.1, 0.15) is 43.4 Å². The maximum Gasteiger partial charge on any atom is 0.217 e. The molecule has 1 aliphatic rings. The van der Waals surface area contributed by atoms with Crippen LogP contribution in [0.5, 0.6) is 0 Å². The molecule has 1 aromatic carbocycles. The third-order valence-corrected chi connectivity index (χ3v) is 3.85. The smallest absolute Gasteiger partial charge is 0.217 e. The highest BCUT2D eigenvalue weighted by Crippen LogP contribution is 2.27. The van der Waals surface area contributed by atoms with Crippen LogP contribution in [0.4, 0.5) is 0 Å². The molecule has 0 fully saturated rings. The first-order valence-electron chi connectivity index (χ1n) is 6.66. The number of nitrogens with two attached hydrogens (primary N) is 1. The van der Waals surface area contributed by atoms with Crippen molar-refractivity contribution in [1.29, 1.82) is 0 Å². The van der Waals surface area contributed by atoms with Crippen molar-refractivity contribution >= 4 is 5.91 Å². The number of carbonyl (C=O) groups excluding carboxylic acids is 1. The van der Waals surface area contributed by atoms with Crippen LogP contribution in [0.15, 0.2) is 18.2 Å². The molecule has 0 saturated carbocycles. The molecule has 3 N–H and O–H groups in total. The van der Waals surface area contributed by atoms with Crippen LogP contribution < -0.4 is 11.1 Å². The van der Waals surface area contributed by atoms with E-state index in [9.17, 15) is 4.79 Å². The van der Waals surface area contributed by atoms with Crippen molar-refractivity contribution in [3.05, 3.63) is 34.9 Å². The molecule has 0 unspecified atom stereocenters. The molecule has 3 heteroatoms. The Morgan fingerprint density at radius 3 is 2.61 bits per heavy atom. The average molecular weight is 246 g/mol. The highest BCUT2D eigenvalue weighted by atomic mass is 16.1. The van der Waals surface area contributed by atoms with Crippen LogP contribution in [0, 0.1) is 0 Å². The Morgan fingerprint density at radius 2 is 2.00 bits per heavy atom. The van der Waals surface area contributed by atoms with Crippen LogP contribution in [0.25, 0.3) is 0 Å². The van der Waals surface area contributed by atoms with Crippen molar-refractivity contribution in [3.8, 4) is 0 Å². The molecule has 98 valence electrons. The Kier molecular flexibility index (Phi) is 3.71. The van der Waals surface area contributed by atoms with Crippen molar-refractivity contribution in [2.45, 2.75) is 45.1 Å². The fraction of sp³-hybridized carbons (Fsp3) is 0.533. The zero-order chi connectivity index (χ0) is 13.2. The SMILES string of the molecule is CC(=O)N[C@](C)(CN)c1ccc2c(c1)CCCC2. The normalized spacial score (nSPS) is 17.7. The Bertz CT molecular complexity index is 456. The van der Waals surface area contributed by atoms with Crippen LogP contribution in [-0.2, 0) is 23.2 Å². The second-order valence-corrected chi connectivity index (χ2v) is 5.41. The summed E-state index contributed by atoms with van der Waals surface area (Å²) in [4.78, 5) is 11.3. The monoisotopic (exact) mass is 246 g/mol. The highest BCUT2D eigenvalue weighted by Gasteiger charge is 2.26. The van der Waals surface area contributed by atoms with Crippen LogP contribution in [-0.4, -0.2) is 12.5 Å². The van der Waals surface area contributed by atoms with Gasteiger partial charge in [-0.15, -0.1) is 0 Å². The first-order chi connectivity index (χ1) is 8.55. The molecule has 1 aliphatic carbocycles. The lowest BCUT2D eigenvalue weighted by Crippen LogP contribution is -2.48. The van der Waals surface area contributed by atoms with Gasteiger partial charge < -0.3 is 11.1 Å². The van der Waals surface area contributed by atoms with Crippen LogP contribution in [0.3, 0.4) is 0 Å². The summed E-state index contributed by atoms with van der Waals surface area (Å²) < 4.78 is 0. The topological polar surface area (TPSA) is 55.1 Å². The Labute approximate surface area is 109 Å². The van der Waals surface area contributed by atoms with Gasteiger partial charge in [0.2, 0.25) is 5.91 Å². The van der Waals surface area contributed by atoms with Crippen molar-refractivity contribution in [1.82, 2.24) is 5.32 Å². The fourth-order valence-corrected chi connectivity index (χ4v) is 2.71. The summed E-state index contributed by atoms with van der Waals surface area (Å²) in [6.07, 6.45) is 4.86. The van der Waals surface area contributed by atoms with Gasteiger partial charge in [-0.3, -0.25) is 4.79 Å². The molecule has 1 atom stereocenters. The van der Waals surface area contributed by atoms with E-state index in [1.165, 1.54) is 37.3 Å². The van der Waals surface area contributed by atoms with Gasteiger partial charge >= 0.3 is 0 Å². The molecule has 0 heterocycles. The minimum Gasteiger partial charge on any atom is -0.346 e. The van der Waals surface area contributed by atoms with Gasteiger partial charge in [-0.2, -0.15) is 0 Å². The van der Waals surface area contributed by atoms with Gasteiger partial charge in [-0.05, 0) is 49.3 Å². The third kappa shape index (κ3) is 2.56. The second kappa shape index (κ2) is 5.11. The van der Waals surface area contributed by atoms with Gasteiger partial charge in [0.1, 0.15) is 0 Å². The molecule has 0 bridgehead atoms. The van der Waals surface area contributed by atoms with E-state index in [1.807, 2.05) is 6.92 Å². The lowest BCUT2D eigenvalue weighted by atomic mass is 9.85. The molecule has 0 aromatic heterocycles. The number of amides is 1. The predicted octanol–water partition coefficient (Wildman–Crippen LogP) is 1.88. The molecule has 2 rings (SSSR count). The summed E-state index contributed by atoms with van der Waals surface area (Å²) in [5.74, 6) is -0.0410. The van der Waals surface area contributed by atoms with Crippen molar-refractivity contribution in [2.24, 2.45) is 5.73 Å². The van der Waals surface area contributed by atoms with Gasteiger partial charge in [-0.1, -0.05) is 18.2 Å². The number of rotatable bonds is 3. The van der Waals surface area contributed by atoms with Crippen molar-refractivity contribution in [2.75, 3.05) is 6.54 Å². The molecule has 0 aliphatic heterocycles. The molecule has 0 saturated heterocycles. The summed E-state index contributed by atoms with van der Waals surface area (Å²) in [5.41, 5.74) is 9.37. The molecule has 1 amide bonds. The van der Waals surface area contributed by atoms with Gasteiger partial charge in [0.15, 0.2) is 0 Å². The van der Waals surface area contributed by atoms with Gasteiger partial charge in [-0.25, -0.2) is 0 Å². The Hall–Kier alpha value is -1.35. The summed E-state index contributed by atoms with van der Waals surface area (Å²) >= 11 is 0. The molecule has 1 aromatic rings. The lowest BCUT2D eigenvalue weighted by molar-refractivity contribution is -0.120. The zero-order valence-electron chi connectivity index (χ0n) is 11.3. The van der Waals surface area contributed by atoms with Crippen LogP contribution in [0.2, 0.25) is 0 Å². The quantitative estimate of drug-likeness (QED) is 0.855. The van der Waals surface area contributed by atoms with Gasteiger partial charge in [0, 0.05) is 13.5 Å². The molecular formula is C15H22N2O. The molecule has 0 spiro atoms. The minimum absolute atomic E-state index is 0.0410. The lowest BCUT2D eigenvalue weighted by Gasteiger charge is -2.31. The minimum atomic E-state index is -0.460. The summed E-state index contributed by atoms with van der Waals surface area (Å²) in [6, 6.07) is 6.52. The number of hydrogen-bond donors (Lipinski definition) is 2. The molecular weight excluding hydrogens is 224 g/mol. The van der Waals surface area contributed by atoms with E-state index in [0.717, 1.165) is 12.0 Å². The van der Waals surface area contributed by atoms with E-state index >= 15 is 0 Å². The van der Waals surface area contributed by atoms with E-state index in [2.05, 4.69) is 23.5 Å². The number of hydrogen-bond acceptors (Lipinski definition) is 2. The van der Waals surface area contributed by atoms with Crippen LogP contribution >= 0.6 is 0 Å². The number of benzene rings is 1. The summed E-state index contributed by atoms with van der Waals surface area (Å²) in [5, 5.41) is 2.97. The summed E-state index contributed by atoms with van der Waals surface area (Å²) in [7, 11) is 0.